The van der Waals surface area contributed by atoms with Crippen LogP contribution in [0.1, 0.15) is 29.9 Å². The summed E-state index contributed by atoms with van der Waals surface area (Å²) < 4.78 is 33.4. The van der Waals surface area contributed by atoms with Crippen molar-refractivity contribution in [2.75, 3.05) is 11.9 Å². The number of hydrogen-bond acceptors (Lipinski definition) is 4. The summed E-state index contributed by atoms with van der Waals surface area (Å²) in [7, 11) is 0. The lowest BCUT2D eigenvalue weighted by Gasteiger charge is -2.08. The summed E-state index contributed by atoms with van der Waals surface area (Å²) in [4.78, 5) is 24.0. The van der Waals surface area contributed by atoms with Gasteiger partial charge in [0.25, 0.3) is 5.91 Å². The summed E-state index contributed by atoms with van der Waals surface area (Å²) in [6.07, 6.45) is 0. The zero-order chi connectivity index (χ0) is 19.4. The molecule has 0 bridgehead atoms. The molecule has 9 heteroatoms. The topological polar surface area (TPSA) is 73.2 Å². The van der Waals surface area contributed by atoms with Crippen molar-refractivity contribution in [2.24, 2.45) is 5.92 Å². The van der Waals surface area contributed by atoms with Crippen LogP contribution in [0.15, 0.2) is 18.2 Å². The minimum Gasteiger partial charge on any atom is -0.452 e. The zero-order valence-electron chi connectivity index (χ0n) is 14.5. The molecule has 2 rings (SSSR count). The quantitative estimate of drug-likeness (QED) is 0.771. The van der Waals surface area contributed by atoms with Crippen LogP contribution in [-0.4, -0.2) is 28.3 Å². The first kappa shape index (κ1) is 19.8. The molecule has 0 aliphatic heterocycles. The fourth-order valence-electron chi connectivity index (χ4n) is 2.25. The first-order valence-corrected chi connectivity index (χ1v) is 8.22. The number of esters is 1. The Morgan fingerprint density at radius 1 is 1.31 bits per heavy atom. The number of anilines is 1. The van der Waals surface area contributed by atoms with Gasteiger partial charge in [0.15, 0.2) is 6.61 Å². The number of amides is 1. The van der Waals surface area contributed by atoms with Crippen molar-refractivity contribution in [3.8, 4) is 0 Å². The number of aromatic nitrogens is 2. The van der Waals surface area contributed by atoms with Gasteiger partial charge in [0.1, 0.15) is 28.0 Å². The molecule has 0 fully saturated rings. The highest BCUT2D eigenvalue weighted by Crippen LogP contribution is 2.22. The van der Waals surface area contributed by atoms with E-state index in [0.717, 1.165) is 12.1 Å². The number of aryl methyl sites for hydroxylation is 1. The number of nitrogens with zero attached hydrogens (tertiary/aromatic N) is 2. The van der Waals surface area contributed by atoms with Crippen LogP contribution in [0, 0.1) is 24.5 Å². The Hall–Kier alpha value is -2.48. The van der Waals surface area contributed by atoms with Gasteiger partial charge in [0, 0.05) is 6.54 Å². The van der Waals surface area contributed by atoms with Crippen molar-refractivity contribution in [1.29, 1.82) is 0 Å². The van der Waals surface area contributed by atoms with E-state index in [2.05, 4.69) is 5.10 Å². The first-order valence-electron chi connectivity index (χ1n) is 7.84. The molecular formula is C17H18ClF2N3O3. The number of benzene rings is 1. The maximum atomic E-state index is 13.5. The molecule has 1 aromatic heterocycles. The van der Waals surface area contributed by atoms with Crippen LogP contribution < -0.4 is 5.32 Å². The Morgan fingerprint density at radius 2 is 1.92 bits per heavy atom. The normalized spacial score (nSPS) is 10.9. The third-order valence-corrected chi connectivity index (χ3v) is 3.75. The lowest BCUT2D eigenvalue weighted by atomic mass is 10.2. The Balaban J connectivity index is 2.03. The van der Waals surface area contributed by atoms with E-state index in [4.69, 9.17) is 16.3 Å². The Morgan fingerprint density at radius 3 is 2.50 bits per heavy atom. The van der Waals surface area contributed by atoms with E-state index in [-0.39, 0.29) is 16.6 Å². The van der Waals surface area contributed by atoms with E-state index in [1.54, 1.807) is 6.92 Å². The van der Waals surface area contributed by atoms with Crippen molar-refractivity contribution in [3.05, 3.63) is 46.2 Å². The zero-order valence-corrected chi connectivity index (χ0v) is 15.2. The highest BCUT2D eigenvalue weighted by molar-refractivity contribution is 6.32. The molecule has 140 valence electrons. The monoisotopic (exact) mass is 385 g/mol. The third-order valence-electron chi connectivity index (χ3n) is 3.37. The number of para-hydroxylation sites is 1. The Bertz CT molecular complexity index is 817. The molecule has 1 heterocycles. The summed E-state index contributed by atoms with van der Waals surface area (Å²) in [5.41, 5.74) is -0.189. The average molecular weight is 386 g/mol. The summed E-state index contributed by atoms with van der Waals surface area (Å²) >= 11 is 6.16. The molecule has 2 aromatic rings. The fraction of sp³-hybridized carbons (Fsp3) is 0.353. The Kier molecular flexibility index (Phi) is 6.31. The molecule has 0 spiro atoms. The molecule has 0 radical (unpaired) electrons. The first-order chi connectivity index (χ1) is 12.2. The van der Waals surface area contributed by atoms with Gasteiger partial charge in [-0.1, -0.05) is 31.5 Å². The number of nitrogens with one attached hydrogen (secondary N) is 1. The Labute approximate surface area is 154 Å². The molecule has 0 atom stereocenters. The van der Waals surface area contributed by atoms with Crippen LogP contribution >= 0.6 is 11.6 Å². The van der Waals surface area contributed by atoms with Gasteiger partial charge in [-0.15, -0.1) is 0 Å². The van der Waals surface area contributed by atoms with Crippen LogP contribution in [0.25, 0.3) is 0 Å². The molecule has 1 N–H and O–H groups in total. The standard InChI is InChI=1S/C17H18ClF2N3O3/c1-9(2)7-23-16(18)14(10(3)22-23)17(25)26-8-13(24)21-15-11(19)5-4-6-12(15)20/h4-6,9H,7-8H2,1-3H3,(H,21,24). The molecule has 0 unspecified atom stereocenters. The third kappa shape index (κ3) is 4.57. The molecule has 1 aromatic carbocycles. The summed E-state index contributed by atoms with van der Waals surface area (Å²) in [5.74, 6) is -3.33. The lowest BCUT2D eigenvalue weighted by molar-refractivity contribution is -0.119. The van der Waals surface area contributed by atoms with Crippen molar-refractivity contribution >= 4 is 29.2 Å². The molecular weight excluding hydrogens is 368 g/mol. The molecule has 1 amide bonds. The van der Waals surface area contributed by atoms with Gasteiger partial charge in [-0.2, -0.15) is 5.10 Å². The number of hydrogen-bond donors (Lipinski definition) is 1. The molecule has 0 saturated carbocycles. The van der Waals surface area contributed by atoms with E-state index >= 15 is 0 Å². The van der Waals surface area contributed by atoms with Gasteiger partial charge in [0.05, 0.1) is 5.69 Å². The van der Waals surface area contributed by atoms with Crippen LogP contribution in [0.5, 0.6) is 0 Å². The van der Waals surface area contributed by atoms with Crippen LogP contribution in [0.3, 0.4) is 0 Å². The van der Waals surface area contributed by atoms with Crippen LogP contribution in [0.4, 0.5) is 14.5 Å². The van der Waals surface area contributed by atoms with E-state index in [0.29, 0.717) is 12.2 Å². The maximum absolute atomic E-state index is 13.5. The van der Waals surface area contributed by atoms with Crippen molar-refractivity contribution in [1.82, 2.24) is 9.78 Å². The van der Waals surface area contributed by atoms with Crippen molar-refractivity contribution in [3.63, 3.8) is 0 Å². The van der Waals surface area contributed by atoms with Crippen molar-refractivity contribution < 1.29 is 23.1 Å². The van der Waals surface area contributed by atoms with Gasteiger partial charge in [0.2, 0.25) is 0 Å². The predicted octanol–water partition coefficient (Wildman–Crippen LogP) is 3.57. The minimum atomic E-state index is -0.932. The lowest BCUT2D eigenvalue weighted by Crippen LogP contribution is -2.22. The second-order valence-electron chi connectivity index (χ2n) is 6.05. The van der Waals surface area contributed by atoms with E-state index in [1.165, 1.54) is 10.7 Å². The van der Waals surface area contributed by atoms with Crippen LogP contribution in [0.2, 0.25) is 5.15 Å². The number of rotatable bonds is 6. The highest BCUT2D eigenvalue weighted by Gasteiger charge is 2.23. The smallest absolute Gasteiger partial charge is 0.343 e. The number of halogens is 3. The minimum absolute atomic E-state index is 0.0530. The van der Waals surface area contributed by atoms with Crippen molar-refractivity contribution in [2.45, 2.75) is 27.3 Å². The van der Waals surface area contributed by atoms with Gasteiger partial charge < -0.3 is 10.1 Å². The molecule has 0 aliphatic rings. The molecule has 6 nitrogen and oxygen atoms in total. The van der Waals surface area contributed by atoms with E-state index < -0.39 is 35.8 Å². The van der Waals surface area contributed by atoms with Gasteiger partial charge in [-0.25, -0.2) is 13.6 Å². The molecule has 0 aliphatic carbocycles. The summed E-state index contributed by atoms with van der Waals surface area (Å²) in [6.45, 7) is 5.32. The van der Waals surface area contributed by atoms with E-state index in [9.17, 15) is 18.4 Å². The van der Waals surface area contributed by atoms with E-state index in [1.807, 2.05) is 19.2 Å². The fourth-order valence-corrected chi connectivity index (χ4v) is 2.57. The number of carbonyl (C=O) groups is 2. The second-order valence-corrected chi connectivity index (χ2v) is 6.41. The SMILES string of the molecule is Cc1nn(CC(C)C)c(Cl)c1C(=O)OCC(=O)Nc1c(F)cccc1F. The average Bonchev–Trinajstić information content (AvgIpc) is 2.82. The highest BCUT2D eigenvalue weighted by atomic mass is 35.5. The van der Waals surface area contributed by atoms with Gasteiger partial charge >= 0.3 is 5.97 Å². The van der Waals surface area contributed by atoms with Gasteiger partial charge in [-0.3, -0.25) is 9.48 Å². The maximum Gasteiger partial charge on any atom is 0.343 e. The second kappa shape index (κ2) is 8.27. The summed E-state index contributed by atoms with van der Waals surface area (Å²) in [6, 6.07) is 3.16. The molecule has 0 saturated heterocycles. The largest absolute Gasteiger partial charge is 0.452 e. The molecule has 26 heavy (non-hydrogen) atoms. The van der Waals surface area contributed by atoms with Crippen LogP contribution in [-0.2, 0) is 16.1 Å². The number of ether oxygens (including phenoxy) is 1. The summed E-state index contributed by atoms with van der Waals surface area (Å²) in [5, 5.41) is 6.31. The van der Waals surface area contributed by atoms with Gasteiger partial charge in [-0.05, 0) is 25.0 Å². The number of carbonyl (C=O) groups excluding carboxylic acids is 2. The predicted molar refractivity (Wildman–Crippen MR) is 92.1 cm³/mol.